The Morgan fingerprint density at radius 2 is 1.66 bits per heavy atom. The quantitative estimate of drug-likeness (QED) is 0.414. The van der Waals surface area contributed by atoms with Gasteiger partial charge in [0.05, 0.1) is 43.7 Å². The summed E-state index contributed by atoms with van der Waals surface area (Å²) in [5, 5.41) is 8.02. The Bertz CT molecular complexity index is 1440. The number of ether oxygens (including phenoxy) is 3. The molecule has 236 valence electrons. The van der Waals surface area contributed by atoms with E-state index >= 15 is 0 Å². The highest BCUT2D eigenvalue weighted by atomic mass is 16.6. The van der Waals surface area contributed by atoms with Gasteiger partial charge in [0.15, 0.2) is 6.10 Å². The van der Waals surface area contributed by atoms with Gasteiger partial charge in [-0.05, 0) is 50.3 Å². The summed E-state index contributed by atoms with van der Waals surface area (Å²) in [5.74, 6) is -2.29. The lowest BCUT2D eigenvalue weighted by molar-refractivity contribution is -0.170. The number of hydrazine groups is 1. The van der Waals surface area contributed by atoms with E-state index in [2.05, 4.69) is 16.1 Å². The van der Waals surface area contributed by atoms with Crippen LogP contribution in [0.25, 0.3) is 17.0 Å². The van der Waals surface area contributed by atoms with Crippen molar-refractivity contribution < 1.29 is 33.4 Å². The molecule has 4 atom stereocenters. The molecule has 5 bridgehead atoms. The average Bonchev–Trinajstić information content (AvgIpc) is 3.27. The molecule has 1 aromatic heterocycles. The van der Waals surface area contributed by atoms with Crippen molar-refractivity contribution >= 4 is 40.7 Å². The summed E-state index contributed by atoms with van der Waals surface area (Å²) in [6.07, 6.45) is 3.49. The van der Waals surface area contributed by atoms with Gasteiger partial charge in [0, 0.05) is 11.9 Å². The van der Waals surface area contributed by atoms with Gasteiger partial charge in [0.1, 0.15) is 17.5 Å². The SMILES string of the molecule is CC(C)[C@@H]1OC(=O)C2(C=Cc3ccc4ccc(nc4c3)[C@@H](C)NC(=O)[C@@H]3CCCN(N3)C(=O)[C@H](C)NC1=O)COCCOC2. The van der Waals surface area contributed by atoms with E-state index in [0.29, 0.717) is 38.3 Å². The summed E-state index contributed by atoms with van der Waals surface area (Å²) >= 11 is 0. The van der Waals surface area contributed by atoms with Crippen molar-refractivity contribution in [2.24, 2.45) is 11.3 Å². The van der Waals surface area contributed by atoms with Crippen LogP contribution in [0, 0.1) is 11.3 Å². The summed E-state index contributed by atoms with van der Waals surface area (Å²) in [4.78, 5) is 58.6. The number of amides is 3. The third-order valence-electron chi connectivity index (χ3n) is 8.23. The van der Waals surface area contributed by atoms with Crippen molar-refractivity contribution in [1.82, 2.24) is 26.1 Å². The summed E-state index contributed by atoms with van der Waals surface area (Å²) in [6.45, 7) is 8.00. The largest absolute Gasteiger partial charge is 0.451 e. The molecule has 2 fully saturated rings. The number of fused-ring (bicyclic) bond motifs is 4. The van der Waals surface area contributed by atoms with Gasteiger partial charge in [-0.15, -0.1) is 0 Å². The molecule has 12 heteroatoms. The molecule has 44 heavy (non-hydrogen) atoms. The number of nitrogens with one attached hydrogen (secondary N) is 3. The van der Waals surface area contributed by atoms with Crippen LogP contribution < -0.4 is 16.1 Å². The maximum absolute atomic E-state index is 13.8. The van der Waals surface area contributed by atoms with E-state index in [9.17, 15) is 19.2 Å². The molecule has 12 nitrogen and oxygen atoms in total. The first-order valence-corrected chi connectivity index (χ1v) is 15.2. The molecule has 2 aromatic rings. The molecule has 3 aliphatic heterocycles. The van der Waals surface area contributed by atoms with E-state index in [1.807, 2.05) is 37.3 Å². The molecule has 1 aromatic carbocycles. The topological polar surface area (TPSA) is 148 Å². The molecule has 1 spiro atoms. The van der Waals surface area contributed by atoms with Crippen molar-refractivity contribution in [2.75, 3.05) is 33.0 Å². The Balaban J connectivity index is 1.54. The molecule has 0 saturated carbocycles. The number of pyridine rings is 1. The molecule has 0 radical (unpaired) electrons. The molecule has 5 rings (SSSR count). The van der Waals surface area contributed by atoms with Crippen LogP contribution >= 0.6 is 0 Å². The van der Waals surface area contributed by atoms with Crippen LogP contribution in [0.2, 0.25) is 0 Å². The standard InChI is InChI=1S/C32H41N5O7/c1-19(2)27-29(39)34-21(4)30(40)37-13-5-6-25(36-37)28(38)33-20(3)24-10-9-23-8-7-22(16-26(23)35-24)11-12-32(31(41)44-27)17-42-14-15-43-18-32/h7-12,16,19-21,25,27,36H,5-6,13-15,17-18H2,1-4H3,(H,33,38)(H,34,39)/t20-,21+,25+,27+/m1/s1. The number of carbonyl (C=O) groups excluding carboxylic acids is 4. The summed E-state index contributed by atoms with van der Waals surface area (Å²) in [5.41, 5.74) is 3.92. The van der Waals surface area contributed by atoms with E-state index in [-0.39, 0.29) is 25.0 Å². The smallest absolute Gasteiger partial charge is 0.321 e. The number of hydrogen-bond acceptors (Lipinski definition) is 9. The molecule has 3 aliphatic rings. The summed E-state index contributed by atoms with van der Waals surface area (Å²) in [7, 11) is 0. The molecule has 3 amide bonds. The Morgan fingerprint density at radius 3 is 2.39 bits per heavy atom. The van der Waals surface area contributed by atoms with Gasteiger partial charge < -0.3 is 24.8 Å². The molecular weight excluding hydrogens is 566 g/mol. The Labute approximate surface area is 256 Å². The van der Waals surface area contributed by atoms with Crippen molar-refractivity contribution in [3.8, 4) is 0 Å². The van der Waals surface area contributed by atoms with Gasteiger partial charge in [-0.1, -0.05) is 44.2 Å². The second kappa shape index (κ2) is 13.4. The van der Waals surface area contributed by atoms with Crippen LogP contribution in [0.3, 0.4) is 0 Å². The third-order valence-corrected chi connectivity index (χ3v) is 8.23. The molecular formula is C32H41N5O7. The molecule has 0 aliphatic carbocycles. The van der Waals surface area contributed by atoms with Crippen LogP contribution in [-0.4, -0.2) is 84.8 Å². The van der Waals surface area contributed by atoms with Crippen LogP contribution in [0.4, 0.5) is 0 Å². The fourth-order valence-corrected chi connectivity index (χ4v) is 5.54. The third kappa shape index (κ3) is 6.92. The number of hydrogen-bond donors (Lipinski definition) is 3. The van der Waals surface area contributed by atoms with Crippen molar-refractivity contribution in [3.63, 3.8) is 0 Å². The first kappa shape index (κ1) is 31.6. The summed E-state index contributed by atoms with van der Waals surface area (Å²) < 4.78 is 17.4. The lowest BCUT2D eigenvalue weighted by atomic mass is 9.88. The predicted octanol–water partition coefficient (Wildman–Crippen LogP) is 2.04. The van der Waals surface area contributed by atoms with E-state index in [0.717, 1.165) is 16.5 Å². The highest BCUT2D eigenvalue weighted by molar-refractivity contribution is 5.92. The Hall–Kier alpha value is -3.87. The fraction of sp³-hybridized carbons (Fsp3) is 0.531. The van der Waals surface area contributed by atoms with E-state index in [1.54, 1.807) is 32.9 Å². The first-order valence-electron chi connectivity index (χ1n) is 15.2. The van der Waals surface area contributed by atoms with Gasteiger partial charge in [-0.2, -0.15) is 0 Å². The number of aromatic nitrogens is 1. The molecule has 3 N–H and O–H groups in total. The number of rotatable bonds is 1. The van der Waals surface area contributed by atoms with E-state index < -0.39 is 47.4 Å². The minimum Gasteiger partial charge on any atom is -0.451 e. The lowest BCUT2D eigenvalue weighted by Gasteiger charge is -2.35. The highest BCUT2D eigenvalue weighted by Crippen LogP contribution is 2.29. The van der Waals surface area contributed by atoms with Crippen molar-refractivity contribution in [3.05, 3.63) is 47.7 Å². The minimum atomic E-state index is -1.31. The Kier molecular flexibility index (Phi) is 9.62. The molecule has 2 saturated heterocycles. The number of carbonyl (C=O) groups is 4. The first-order chi connectivity index (χ1) is 21.1. The van der Waals surface area contributed by atoms with Crippen LogP contribution in [-0.2, 0) is 33.4 Å². The van der Waals surface area contributed by atoms with Crippen LogP contribution in [0.1, 0.15) is 57.8 Å². The number of esters is 1. The van der Waals surface area contributed by atoms with Gasteiger partial charge in [-0.3, -0.25) is 29.2 Å². The normalized spacial score (nSPS) is 27.2. The van der Waals surface area contributed by atoms with Gasteiger partial charge in [-0.25, -0.2) is 5.43 Å². The highest BCUT2D eigenvalue weighted by Gasteiger charge is 2.43. The monoisotopic (exact) mass is 607 g/mol. The fourth-order valence-electron chi connectivity index (χ4n) is 5.54. The van der Waals surface area contributed by atoms with Crippen LogP contribution in [0.5, 0.6) is 0 Å². The van der Waals surface area contributed by atoms with Gasteiger partial charge >= 0.3 is 5.97 Å². The van der Waals surface area contributed by atoms with Crippen molar-refractivity contribution in [2.45, 2.75) is 64.8 Å². The number of nitrogens with zero attached hydrogens (tertiary/aromatic N) is 2. The minimum absolute atomic E-state index is 0.0125. The van der Waals surface area contributed by atoms with Gasteiger partial charge in [0.2, 0.25) is 5.91 Å². The zero-order chi connectivity index (χ0) is 31.4. The number of benzene rings is 1. The lowest BCUT2D eigenvalue weighted by Crippen LogP contribution is -2.61. The van der Waals surface area contributed by atoms with Crippen LogP contribution in [0.15, 0.2) is 36.4 Å². The maximum atomic E-state index is 13.8. The average molecular weight is 608 g/mol. The molecule has 0 unspecified atom stereocenters. The zero-order valence-electron chi connectivity index (χ0n) is 25.6. The van der Waals surface area contributed by atoms with E-state index in [1.165, 1.54) is 5.01 Å². The van der Waals surface area contributed by atoms with E-state index in [4.69, 9.17) is 19.2 Å². The Morgan fingerprint density at radius 1 is 0.955 bits per heavy atom. The van der Waals surface area contributed by atoms with Crippen molar-refractivity contribution in [1.29, 1.82) is 0 Å². The molecule has 4 heterocycles. The number of cyclic esters (lactones) is 1. The second-order valence-electron chi connectivity index (χ2n) is 12.1. The predicted molar refractivity (Wildman–Crippen MR) is 162 cm³/mol. The maximum Gasteiger partial charge on any atom is 0.321 e. The zero-order valence-corrected chi connectivity index (χ0v) is 25.6. The van der Waals surface area contributed by atoms with Gasteiger partial charge in [0.25, 0.3) is 11.8 Å². The second-order valence-corrected chi connectivity index (χ2v) is 12.1. The summed E-state index contributed by atoms with van der Waals surface area (Å²) in [6, 6.07) is 7.63.